The Hall–Kier alpha value is -0.840. The second-order valence-corrected chi connectivity index (χ2v) is 6.21. The van der Waals surface area contributed by atoms with Gasteiger partial charge in [0.05, 0.1) is 5.69 Å². The third-order valence-electron chi connectivity index (χ3n) is 3.15. The van der Waals surface area contributed by atoms with Gasteiger partial charge in [-0.25, -0.2) is 0 Å². The zero-order valence-electron chi connectivity index (χ0n) is 11.8. The van der Waals surface area contributed by atoms with Gasteiger partial charge in [0.25, 0.3) is 0 Å². The Morgan fingerprint density at radius 3 is 2.80 bits per heavy atom. The van der Waals surface area contributed by atoms with E-state index in [9.17, 15) is 0 Å². The van der Waals surface area contributed by atoms with E-state index in [0.29, 0.717) is 0 Å². The van der Waals surface area contributed by atoms with Crippen LogP contribution < -0.4 is 5.32 Å². The van der Waals surface area contributed by atoms with Gasteiger partial charge in [-0.2, -0.15) is 5.10 Å². The molecule has 0 aliphatic carbocycles. The van der Waals surface area contributed by atoms with Crippen molar-refractivity contribution in [3.63, 3.8) is 0 Å². The molecule has 3 nitrogen and oxygen atoms in total. The second-order valence-electron chi connectivity index (χ2n) is 4.92. The molecule has 0 spiro atoms. The Balaban J connectivity index is 1.74. The summed E-state index contributed by atoms with van der Waals surface area (Å²) in [5.74, 6) is 0. The molecule has 0 atom stereocenters. The van der Waals surface area contributed by atoms with Crippen molar-refractivity contribution in [2.24, 2.45) is 0 Å². The van der Waals surface area contributed by atoms with Crippen molar-refractivity contribution in [3.8, 4) is 0 Å². The van der Waals surface area contributed by atoms with Crippen molar-refractivity contribution in [1.82, 2.24) is 15.1 Å². The van der Waals surface area contributed by atoms with Gasteiger partial charge in [-0.1, -0.05) is 27.5 Å². The molecule has 0 fully saturated rings. The first-order chi connectivity index (χ1) is 9.56. The summed E-state index contributed by atoms with van der Waals surface area (Å²) in [5, 5.41) is 8.66. The zero-order chi connectivity index (χ0) is 14.5. The van der Waals surface area contributed by atoms with E-state index < -0.39 is 0 Å². The highest BCUT2D eigenvalue weighted by molar-refractivity contribution is 9.10. The van der Waals surface area contributed by atoms with Crippen LogP contribution in [0.15, 0.2) is 28.7 Å². The molecular weight excluding hydrogens is 338 g/mol. The summed E-state index contributed by atoms with van der Waals surface area (Å²) in [6.07, 6.45) is 1.06. The lowest BCUT2D eigenvalue weighted by atomic mass is 10.2. The predicted molar refractivity (Wildman–Crippen MR) is 87.2 cm³/mol. The minimum Gasteiger partial charge on any atom is -0.313 e. The standard InChI is InChI=1S/C15H19BrClN3/c1-11-8-12(2)20(19-11)7-3-6-18-10-13-9-14(17)4-5-15(13)16/h4-5,8-9,18H,3,6-7,10H2,1-2H3. The number of halogens is 2. The summed E-state index contributed by atoms with van der Waals surface area (Å²) < 4.78 is 3.15. The monoisotopic (exact) mass is 355 g/mol. The zero-order valence-corrected chi connectivity index (χ0v) is 14.1. The number of aryl methyl sites for hydroxylation is 3. The van der Waals surface area contributed by atoms with E-state index in [0.717, 1.165) is 41.2 Å². The SMILES string of the molecule is Cc1cc(C)n(CCCNCc2cc(Cl)ccc2Br)n1. The Labute approximate surface area is 133 Å². The molecule has 108 valence electrons. The van der Waals surface area contributed by atoms with Gasteiger partial charge in [-0.3, -0.25) is 4.68 Å². The molecule has 0 saturated heterocycles. The molecule has 1 aromatic carbocycles. The van der Waals surface area contributed by atoms with E-state index in [-0.39, 0.29) is 0 Å². The Morgan fingerprint density at radius 2 is 2.10 bits per heavy atom. The number of hydrogen-bond acceptors (Lipinski definition) is 2. The summed E-state index contributed by atoms with van der Waals surface area (Å²) >= 11 is 9.53. The molecule has 1 heterocycles. The fraction of sp³-hybridized carbons (Fsp3) is 0.400. The lowest BCUT2D eigenvalue weighted by Crippen LogP contribution is -2.17. The van der Waals surface area contributed by atoms with E-state index in [4.69, 9.17) is 11.6 Å². The quantitative estimate of drug-likeness (QED) is 0.790. The van der Waals surface area contributed by atoms with E-state index in [1.807, 2.05) is 25.1 Å². The minimum atomic E-state index is 0.771. The number of nitrogens with one attached hydrogen (secondary N) is 1. The van der Waals surface area contributed by atoms with Crippen molar-refractivity contribution in [2.45, 2.75) is 33.4 Å². The van der Waals surface area contributed by atoms with Gasteiger partial charge in [-0.15, -0.1) is 0 Å². The third kappa shape index (κ3) is 4.33. The maximum absolute atomic E-state index is 6.00. The molecule has 2 aromatic rings. The Morgan fingerprint density at radius 1 is 1.30 bits per heavy atom. The minimum absolute atomic E-state index is 0.771. The predicted octanol–water partition coefficient (Wildman–Crippen LogP) is 4.10. The lowest BCUT2D eigenvalue weighted by molar-refractivity contribution is 0.532. The van der Waals surface area contributed by atoms with E-state index in [1.54, 1.807) is 0 Å². The second kappa shape index (κ2) is 7.25. The van der Waals surface area contributed by atoms with Gasteiger partial charge >= 0.3 is 0 Å². The lowest BCUT2D eigenvalue weighted by Gasteiger charge is -2.08. The first kappa shape index (κ1) is 15.5. The first-order valence-corrected chi connectivity index (χ1v) is 7.89. The molecule has 0 amide bonds. The van der Waals surface area contributed by atoms with Crippen LogP contribution in [0.25, 0.3) is 0 Å². The summed E-state index contributed by atoms with van der Waals surface area (Å²) in [6.45, 7) is 6.84. The maximum Gasteiger partial charge on any atom is 0.0596 e. The molecule has 0 radical (unpaired) electrons. The van der Waals surface area contributed by atoms with Crippen LogP contribution in [0.4, 0.5) is 0 Å². The summed E-state index contributed by atoms with van der Waals surface area (Å²) in [4.78, 5) is 0. The molecule has 0 saturated carbocycles. The van der Waals surface area contributed by atoms with Gasteiger partial charge in [0.2, 0.25) is 0 Å². The molecule has 1 N–H and O–H groups in total. The number of benzene rings is 1. The third-order valence-corrected chi connectivity index (χ3v) is 4.16. The van der Waals surface area contributed by atoms with Crippen molar-refractivity contribution < 1.29 is 0 Å². The highest BCUT2D eigenvalue weighted by Crippen LogP contribution is 2.20. The fourth-order valence-electron chi connectivity index (χ4n) is 2.16. The van der Waals surface area contributed by atoms with Gasteiger partial charge in [0, 0.05) is 28.3 Å². The van der Waals surface area contributed by atoms with Crippen molar-refractivity contribution in [2.75, 3.05) is 6.54 Å². The van der Waals surface area contributed by atoms with Crippen LogP contribution in [0.1, 0.15) is 23.4 Å². The van der Waals surface area contributed by atoms with Crippen molar-refractivity contribution in [3.05, 3.63) is 50.7 Å². The van der Waals surface area contributed by atoms with Gasteiger partial charge in [-0.05, 0) is 56.6 Å². The summed E-state index contributed by atoms with van der Waals surface area (Å²) in [7, 11) is 0. The van der Waals surface area contributed by atoms with Crippen LogP contribution in [0.2, 0.25) is 5.02 Å². The fourth-order valence-corrected chi connectivity index (χ4v) is 2.74. The average molecular weight is 357 g/mol. The van der Waals surface area contributed by atoms with Crippen LogP contribution in [-0.2, 0) is 13.1 Å². The van der Waals surface area contributed by atoms with Gasteiger partial charge in [0.15, 0.2) is 0 Å². The molecule has 0 aliphatic rings. The molecule has 0 bridgehead atoms. The summed E-state index contributed by atoms with van der Waals surface area (Å²) in [5.41, 5.74) is 3.49. The largest absolute Gasteiger partial charge is 0.313 e. The number of hydrogen-bond donors (Lipinski definition) is 1. The topological polar surface area (TPSA) is 29.9 Å². The van der Waals surface area contributed by atoms with Crippen LogP contribution >= 0.6 is 27.5 Å². The van der Waals surface area contributed by atoms with Gasteiger partial charge < -0.3 is 5.32 Å². The maximum atomic E-state index is 6.00. The highest BCUT2D eigenvalue weighted by Gasteiger charge is 2.02. The van der Waals surface area contributed by atoms with Crippen LogP contribution in [0, 0.1) is 13.8 Å². The van der Waals surface area contributed by atoms with E-state index in [1.165, 1.54) is 11.3 Å². The molecule has 0 aliphatic heterocycles. The van der Waals surface area contributed by atoms with Crippen molar-refractivity contribution in [1.29, 1.82) is 0 Å². The summed E-state index contributed by atoms with van der Waals surface area (Å²) in [6, 6.07) is 7.96. The number of rotatable bonds is 6. The Kier molecular flexibility index (Phi) is 5.64. The average Bonchev–Trinajstić information content (AvgIpc) is 2.71. The van der Waals surface area contributed by atoms with E-state index >= 15 is 0 Å². The molecule has 5 heteroatoms. The van der Waals surface area contributed by atoms with Crippen LogP contribution in [-0.4, -0.2) is 16.3 Å². The Bertz CT molecular complexity index is 580. The molecule has 2 rings (SSSR count). The molecule has 20 heavy (non-hydrogen) atoms. The van der Waals surface area contributed by atoms with Gasteiger partial charge in [0.1, 0.15) is 0 Å². The van der Waals surface area contributed by atoms with E-state index in [2.05, 4.69) is 44.0 Å². The molecule has 0 unspecified atom stereocenters. The highest BCUT2D eigenvalue weighted by atomic mass is 79.9. The number of aromatic nitrogens is 2. The first-order valence-electron chi connectivity index (χ1n) is 6.72. The van der Waals surface area contributed by atoms with Crippen LogP contribution in [0.3, 0.4) is 0 Å². The smallest absolute Gasteiger partial charge is 0.0596 e. The molecular formula is C15H19BrClN3. The number of nitrogens with zero attached hydrogens (tertiary/aromatic N) is 2. The van der Waals surface area contributed by atoms with Crippen molar-refractivity contribution >= 4 is 27.5 Å². The van der Waals surface area contributed by atoms with Crippen LogP contribution in [0.5, 0.6) is 0 Å². The normalized spacial score (nSPS) is 11.0. The molecule has 1 aromatic heterocycles.